The lowest BCUT2D eigenvalue weighted by Gasteiger charge is -2.14. The monoisotopic (exact) mass is 1410 g/mol. The highest BCUT2D eigenvalue weighted by molar-refractivity contribution is 9.14. The van der Waals surface area contributed by atoms with E-state index < -0.39 is 34.6 Å². The molecule has 4 nitrogen and oxygen atoms in total. The summed E-state index contributed by atoms with van der Waals surface area (Å²) in [4.78, 5) is 7.30. The molecule has 1 aliphatic rings. The number of benzene rings is 5. The van der Waals surface area contributed by atoms with Gasteiger partial charge in [0.05, 0.1) is 103 Å². The van der Waals surface area contributed by atoms with Crippen LogP contribution in [0.3, 0.4) is 0 Å². The molecule has 4 aromatic heterocycles. The van der Waals surface area contributed by atoms with E-state index in [1.165, 1.54) is 6.07 Å². The average molecular weight is 1410 g/mol. The molecule has 0 aliphatic carbocycles. The predicted molar refractivity (Wildman–Crippen MR) is 281 cm³/mol. The van der Waals surface area contributed by atoms with Gasteiger partial charge in [0.2, 0.25) is 5.82 Å². The van der Waals surface area contributed by atoms with Gasteiger partial charge >= 0.3 is 0 Å². The number of nitrogens with one attached hydrogen (secondary N) is 2. The van der Waals surface area contributed by atoms with Crippen molar-refractivity contribution in [2.24, 2.45) is 0 Å². The lowest BCUT2D eigenvalue weighted by molar-refractivity contribution is 0.381. The standard InChI is InChI=1S/C50H23Br8F5N4/c51-33-34(52)46-31(25-19-11-4-12-20-25)50-38(56)37(55)48(67(50)58)29(23-15-7-2-8-16-23)44-26(32-39(59)41(61)43(63)42(62)40(32)60)21-27(64-44)28(22-13-5-1-6-14-22)47-35(53)36(54)49(66(47)57)30(45(33)65-46)24-17-9-3-10-18-24/h1-21,64-65H. The van der Waals surface area contributed by atoms with Crippen LogP contribution in [0, 0.1) is 29.1 Å². The van der Waals surface area contributed by atoms with E-state index in [0.717, 1.165) is 16.7 Å². The first kappa shape index (κ1) is 46.9. The van der Waals surface area contributed by atoms with Gasteiger partial charge in [0.15, 0.2) is 23.3 Å². The third-order valence-electron chi connectivity index (χ3n) is 11.4. The zero-order valence-electron chi connectivity index (χ0n) is 33.4. The summed E-state index contributed by atoms with van der Waals surface area (Å²) in [6.07, 6.45) is 0. The second-order valence-corrected chi connectivity index (χ2v) is 21.3. The smallest absolute Gasteiger partial charge is 0.200 e. The molecule has 0 amide bonds. The highest BCUT2D eigenvalue weighted by Crippen LogP contribution is 2.43. The third kappa shape index (κ3) is 7.60. The van der Waals surface area contributed by atoms with Gasteiger partial charge in [-0.2, -0.15) is 0 Å². The normalized spacial score (nSPS) is 12.7. The van der Waals surface area contributed by atoms with E-state index in [1.807, 2.05) is 101 Å². The van der Waals surface area contributed by atoms with Gasteiger partial charge in [-0.1, -0.05) is 121 Å². The van der Waals surface area contributed by atoms with E-state index in [9.17, 15) is 4.39 Å². The van der Waals surface area contributed by atoms with Crippen molar-refractivity contribution < 1.29 is 22.0 Å². The number of rotatable bonds is 5. The Hall–Kier alpha value is -3.81. The maximum absolute atomic E-state index is 16.5. The predicted octanol–water partition coefficient (Wildman–Crippen LogP) is 14.5. The summed E-state index contributed by atoms with van der Waals surface area (Å²) in [6.45, 7) is 0. The van der Waals surface area contributed by atoms with Crippen molar-refractivity contribution in [1.82, 2.24) is 17.2 Å². The molecule has 5 aromatic carbocycles. The van der Waals surface area contributed by atoms with Crippen molar-refractivity contribution in [2.75, 3.05) is 0 Å². The quantitative estimate of drug-likeness (QED) is 0.0980. The van der Waals surface area contributed by atoms with E-state index in [-0.39, 0.29) is 17.0 Å². The number of hydrogen-bond donors (Lipinski definition) is 2. The van der Waals surface area contributed by atoms with Crippen molar-refractivity contribution in [3.05, 3.63) is 250 Å². The van der Waals surface area contributed by atoms with Crippen LogP contribution >= 0.6 is 128 Å². The van der Waals surface area contributed by atoms with Crippen LogP contribution in [-0.4, -0.2) is 17.2 Å². The van der Waals surface area contributed by atoms with Crippen LogP contribution in [0.2, 0.25) is 0 Å². The van der Waals surface area contributed by atoms with Gasteiger partial charge in [0.1, 0.15) is 0 Å². The van der Waals surface area contributed by atoms with E-state index >= 15 is 17.6 Å². The molecule has 8 bridgehead atoms. The lowest BCUT2D eigenvalue weighted by Crippen LogP contribution is -2.26. The molecule has 0 spiro atoms. The summed E-state index contributed by atoms with van der Waals surface area (Å²) in [6, 6.07) is 39.2. The second-order valence-electron chi connectivity index (χ2n) is 15.1. The Balaban J connectivity index is 1.57. The number of aromatic nitrogens is 4. The van der Waals surface area contributed by atoms with Gasteiger partial charge in [0.25, 0.3) is 0 Å². The lowest BCUT2D eigenvalue weighted by atomic mass is 9.95. The number of halogens is 13. The van der Waals surface area contributed by atoms with Crippen molar-refractivity contribution in [1.29, 1.82) is 0 Å². The molecule has 0 unspecified atom stereocenters. The molecule has 67 heavy (non-hydrogen) atoms. The van der Waals surface area contributed by atoms with Crippen LogP contribution in [0.5, 0.6) is 0 Å². The Labute approximate surface area is 445 Å². The van der Waals surface area contributed by atoms with Crippen molar-refractivity contribution >= 4 is 150 Å². The molecule has 17 heteroatoms. The Morgan fingerprint density at radius 3 is 1.00 bits per heavy atom. The zero-order valence-corrected chi connectivity index (χ0v) is 46.1. The van der Waals surface area contributed by atoms with Gasteiger partial charge in [-0.05, 0) is 124 Å². The molecule has 0 saturated heterocycles. The van der Waals surface area contributed by atoms with Gasteiger partial charge in [-0.15, -0.1) is 0 Å². The van der Waals surface area contributed by atoms with Crippen LogP contribution in [0.1, 0.15) is 45.0 Å². The minimum Gasteiger partial charge on any atom is -0.354 e. The molecule has 5 heterocycles. The second kappa shape index (κ2) is 18.5. The molecule has 0 saturated carbocycles. The van der Waals surface area contributed by atoms with Gasteiger partial charge in [-0.3, -0.25) is 7.19 Å². The van der Waals surface area contributed by atoms with Crippen molar-refractivity contribution in [3.8, 4) is 11.1 Å². The summed E-state index contributed by atoms with van der Waals surface area (Å²) in [5.74, 6) is -10.4. The SMILES string of the molecule is Fc1c(F)c(F)c(-c2cc3[nH]c2C(c2ccccc2)=c2c(Br)c(Br)c(n2Br)=C(c2ccccc2)c2[nH]c(c(Br)c2Br)C(c2ccccc2)=c2c(Br)c(Br)c(n2Br)=C3c2ccccc2)c(F)c1F. The molecule has 10 rings (SSSR count). The number of hydrogen-bond acceptors (Lipinski definition) is 0. The summed E-state index contributed by atoms with van der Waals surface area (Å²) in [5.41, 5.74) is 5.31. The summed E-state index contributed by atoms with van der Waals surface area (Å²) < 4.78 is 86.1. The van der Waals surface area contributed by atoms with Crippen LogP contribution in [0.4, 0.5) is 22.0 Å². The molecule has 9 aromatic rings. The molecule has 0 fully saturated rings. The first-order chi connectivity index (χ1) is 32.2. The Bertz CT molecular complexity index is 3740. The fourth-order valence-corrected chi connectivity index (χ4v) is 14.1. The van der Waals surface area contributed by atoms with Gasteiger partial charge < -0.3 is 9.97 Å². The molecular weight excluding hydrogens is 1390 g/mol. The average Bonchev–Trinajstić information content (AvgIpc) is 4.02. The van der Waals surface area contributed by atoms with E-state index in [2.05, 4.69) is 138 Å². The van der Waals surface area contributed by atoms with E-state index in [1.54, 1.807) is 27.9 Å². The summed E-state index contributed by atoms with van der Waals surface area (Å²) in [7, 11) is 0. The first-order valence-corrected chi connectivity index (χ1v) is 26.0. The van der Waals surface area contributed by atoms with Crippen LogP contribution in [-0.2, 0) is 0 Å². The fraction of sp³-hybridized carbons (Fsp3) is 0. The molecule has 0 atom stereocenters. The largest absolute Gasteiger partial charge is 0.354 e. The van der Waals surface area contributed by atoms with Crippen molar-refractivity contribution in [3.63, 3.8) is 0 Å². The van der Waals surface area contributed by atoms with Crippen molar-refractivity contribution in [2.45, 2.75) is 0 Å². The number of aromatic amines is 2. The summed E-state index contributed by atoms with van der Waals surface area (Å²) >= 11 is 31.6. The van der Waals surface area contributed by atoms with E-state index in [0.29, 0.717) is 87.5 Å². The highest BCUT2D eigenvalue weighted by atomic mass is 79.9. The molecule has 1 aliphatic heterocycles. The number of fused-ring (bicyclic) bond motifs is 8. The van der Waals surface area contributed by atoms with Crippen LogP contribution < -0.4 is 21.4 Å². The molecular formula is C50H23Br8F5N4. The fourth-order valence-electron chi connectivity index (χ4n) is 8.48. The number of H-pyrrole nitrogens is 2. The third-order valence-corrected chi connectivity index (χ3v) is 19.1. The number of nitrogens with zero attached hydrogens (tertiary/aromatic N) is 2. The highest BCUT2D eigenvalue weighted by Gasteiger charge is 2.33. The molecule has 0 radical (unpaired) electrons. The van der Waals surface area contributed by atoms with Gasteiger partial charge in [-0.25, -0.2) is 22.0 Å². The van der Waals surface area contributed by atoms with Gasteiger partial charge in [0, 0.05) is 33.5 Å². The minimum atomic E-state index is -2.27. The van der Waals surface area contributed by atoms with Crippen LogP contribution in [0.15, 0.2) is 154 Å². The van der Waals surface area contributed by atoms with E-state index in [4.69, 9.17) is 0 Å². The Morgan fingerprint density at radius 2 is 0.642 bits per heavy atom. The zero-order chi connectivity index (χ0) is 47.2. The Kier molecular flexibility index (Phi) is 12.9. The maximum Gasteiger partial charge on any atom is 0.200 e. The first-order valence-electron chi connectivity index (χ1n) is 19.8. The Morgan fingerprint density at radius 1 is 0.343 bits per heavy atom. The van der Waals surface area contributed by atoms with Crippen LogP contribution in [0.25, 0.3) is 33.4 Å². The minimum absolute atomic E-state index is 0.0369. The maximum atomic E-state index is 16.5. The topological polar surface area (TPSA) is 41.4 Å². The summed E-state index contributed by atoms with van der Waals surface area (Å²) in [5, 5.41) is 2.18. The molecule has 334 valence electrons. The molecule has 2 N–H and O–H groups in total.